The number of nitrogens with zero attached hydrogens (tertiary/aromatic N) is 2. The number of methoxy groups -OCH3 is 1. The molecule has 1 aromatic heterocycles. The third-order valence-corrected chi connectivity index (χ3v) is 4.45. The SMILES string of the molecule is CCNC(=NCc1ccc(F)c(COC)c1)NCCc1ncc(C)s1.I. The van der Waals surface area contributed by atoms with Crippen LogP contribution in [0.25, 0.3) is 0 Å². The molecule has 0 aliphatic rings. The average molecular weight is 492 g/mol. The Morgan fingerprint density at radius 3 is 2.81 bits per heavy atom. The molecule has 2 N–H and O–H groups in total. The van der Waals surface area contributed by atoms with Crippen LogP contribution in [-0.4, -0.2) is 31.1 Å². The number of ether oxygens (including phenoxy) is 1. The van der Waals surface area contributed by atoms with Crippen LogP contribution >= 0.6 is 35.3 Å². The van der Waals surface area contributed by atoms with Crippen LogP contribution < -0.4 is 10.6 Å². The molecule has 0 saturated heterocycles. The van der Waals surface area contributed by atoms with Crippen molar-refractivity contribution in [2.45, 2.75) is 33.4 Å². The van der Waals surface area contributed by atoms with Gasteiger partial charge in [-0.2, -0.15) is 0 Å². The first-order valence-electron chi connectivity index (χ1n) is 8.32. The summed E-state index contributed by atoms with van der Waals surface area (Å²) in [4.78, 5) is 10.1. The molecule has 0 saturated carbocycles. The first kappa shape index (κ1) is 22.8. The highest BCUT2D eigenvalue weighted by Gasteiger charge is 2.04. The number of hydrogen-bond donors (Lipinski definition) is 2. The van der Waals surface area contributed by atoms with Gasteiger partial charge in [0.15, 0.2) is 5.96 Å². The Kier molecular flexibility index (Phi) is 10.7. The lowest BCUT2D eigenvalue weighted by atomic mass is 10.1. The zero-order valence-corrected chi connectivity index (χ0v) is 18.5. The van der Waals surface area contributed by atoms with E-state index in [9.17, 15) is 4.39 Å². The van der Waals surface area contributed by atoms with Crippen LogP contribution in [0.3, 0.4) is 0 Å². The second-order valence-corrected chi connectivity index (χ2v) is 6.91. The minimum absolute atomic E-state index is 0. The number of aliphatic imine (C=N–C) groups is 1. The van der Waals surface area contributed by atoms with Crippen molar-refractivity contribution in [1.29, 1.82) is 0 Å². The fourth-order valence-electron chi connectivity index (χ4n) is 2.31. The molecule has 0 radical (unpaired) electrons. The molecule has 0 aliphatic heterocycles. The van der Waals surface area contributed by atoms with E-state index < -0.39 is 0 Å². The van der Waals surface area contributed by atoms with Gasteiger partial charge in [0, 0.05) is 43.3 Å². The van der Waals surface area contributed by atoms with E-state index in [1.54, 1.807) is 30.6 Å². The quantitative estimate of drug-likeness (QED) is 0.336. The second-order valence-electron chi connectivity index (χ2n) is 5.60. The lowest BCUT2D eigenvalue weighted by Gasteiger charge is -2.11. The molecular formula is C18H26FIN4OS. The van der Waals surface area contributed by atoms with E-state index in [1.807, 2.05) is 13.1 Å². The highest BCUT2D eigenvalue weighted by Crippen LogP contribution is 2.13. The number of thiazole rings is 1. The molecule has 26 heavy (non-hydrogen) atoms. The molecule has 0 unspecified atom stereocenters. The number of nitrogens with one attached hydrogen (secondary N) is 2. The number of hydrogen-bond acceptors (Lipinski definition) is 4. The average Bonchev–Trinajstić information content (AvgIpc) is 3.01. The maximum Gasteiger partial charge on any atom is 0.191 e. The number of rotatable bonds is 8. The summed E-state index contributed by atoms with van der Waals surface area (Å²) in [7, 11) is 1.56. The van der Waals surface area contributed by atoms with Crippen LogP contribution in [0.15, 0.2) is 29.4 Å². The van der Waals surface area contributed by atoms with Gasteiger partial charge in [0.25, 0.3) is 0 Å². The summed E-state index contributed by atoms with van der Waals surface area (Å²) in [6, 6.07) is 5.01. The molecule has 0 aliphatic carbocycles. The minimum atomic E-state index is -0.252. The maximum absolute atomic E-state index is 13.7. The molecular weight excluding hydrogens is 466 g/mol. The Hall–Kier alpha value is -1.26. The molecule has 2 aromatic rings. The van der Waals surface area contributed by atoms with Gasteiger partial charge in [0.1, 0.15) is 5.82 Å². The van der Waals surface area contributed by atoms with Crippen molar-refractivity contribution in [3.05, 3.63) is 51.2 Å². The van der Waals surface area contributed by atoms with Crippen LogP contribution in [0, 0.1) is 12.7 Å². The molecule has 0 amide bonds. The molecule has 144 valence electrons. The number of benzene rings is 1. The fourth-order valence-corrected chi connectivity index (χ4v) is 3.10. The molecule has 1 heterocycles. The van der Waals surface area contributed by atoms with Gasteiger partial charge in [0.05, 0.1) is 18.2 Å². The van der Waals surface area contributed by atoms with Crippen LogP contribution in [0.2, 0.25) is 0 Å². The van der Waals surface area contributed by atoms with Crippen molar-refractivity contribution in [2.24, 2.45) is 4.99 Å². The van der Waals surface area contributed by atoms with E-state index in [-0.39, 0.29) is 36.4 Å². The molecule has 0 atom stereocenters. The maximum atomic E-state index is 13.7. The first-order chi connectivity index (χ1) is 12.1. The smallest absolute Gasteiger partial charge is 0.191 e. The van der Waals surface area contributed by atoms with Crippen molar-refractivity contribution < 1.29 is 9.13 Å². The Morgan fingerprint density at radius 2 is 2.15 bits per heavy atom. The molecule has 5 nitrogen and oxygen atoms in total. The van der Waals surface area contributed by atoms with Gasteiger partial charge in [-0.05, 0) is 31.5 Å². The van der Waals surface area contributed by atoms with E-state index in [0.717, 1.165) is 36.0 Å². The lowest BCUT2D eigenvalue weighted by Crippen LogP contribution is -2.38. The van der Waals surface area contributed by atoms with Gasteiger partial charge < -0.3 is 15.4 Å². The van der Waals surface area contributed by atoms with Crippen LogP contribution in [0.5, 0.6) is 0 Å². The monoisotopic (exact) mass is 492 g/mol. The van der Waals surface area contributed by atoms with Crippen molar-refractivity contribution in [3.63, 3.8) is 0 Å². The van der Waals surface area contributed by atoms with Crippen LogP contribution in [-0.2, 0) is 24.3 Å². The van der Waals surface area contributed by atoms with E-state index in [0.29, 0.717) is 12.1 Å². The number of aryl methyl sites for hydroxylation is 1. The summed E-state index contributed by atoms with van der Waals surface area (Å²) in [5.74, 6) is 0.492. The van der Waals surface area contributed by atoms with Crippen LogP contribution in [0.4, 0.5) is 4.39 Å². The van der Waals surface area contributed by atoms with Gasteiger partial charge in [-0.3, -0.25) is 0 Å². The van der Waals surface area contributed by atoms with Crippen molar-refractivity contribution in [1.82, 2.24) is 15.6 Å². The van der Waals surface area contributed by atoms with E-state index >= 15 is 0 Å². The number of guanidine groups is 1. The zero-order valence-electron chi connectivity index (χ0n) is 15.3. The van der Waals surface area contributed by atoms with Gasteiger partial charge in [-0.15, -0.1) is 35.3 Å². The molecule has 0 spiro atoms. The Bertz CT molecular complexity index is 708. The first-order valence-corrected chi connectivity index (χ1v) is 9.13. The van der Waals surface area contributed by atoms with E-state index in [2.05, 4.69) is 27.5 Å². The summed E-state index contributed by atoms with van der Waals surface area (Å²) < 4.78 is 18.7. The fraction of sp³-hybridized carbons (Fsp3) is 0.444. The largest absolute Gasteiger partial charge is 0.380 e. The van der Waals surface area contributed by atoms with Crippen molar-refractivity contribution in [2.75, 3.05) is 20.2 Å². The van der Waals surface area contributed by atoms with E-state index in [4.69, 9.17) is 4.74 Å². The minimum Gasteiger partial charge on any atom is -0.380 e. The second kappa shape index (κ2) is 12.2. The summed E-state index contributed by atoms with van der Waals surface area (Å²) in [6.07, 6.45) is 2.75. The summed E-state index contributed by atoms with van der Waals surface area (Å²) in [5.41, 5.74) is 1.49. The highest BCUT2D eigenvalue weighted by molar-refractivity contribution is 14.0. The lowest BCUT2D eigenvalue weighted by molar-refractivity contribution is 0.181. The predicted molar refractivity (Wildman–Crippen MR) is 116 cm³/mol. The topological polar surface area (TPSA) is 58.5 Å². The summed E-state index contributed by atoms with van der Waals surface area (Å²) in [5, 5.41) is 7.64. The molecule has 2 rings (SSSR count). The summed E-state index contributed by atoms with van der Waals surface area (Å²) in [6.45, 7) is 6.35. The Labute approximate surface area is 175 Å². The predicted octanol–water partition coefficient (Wildman–Crippen LogP) is 3.65. The Balaban J connectivity index is 0.00000338. The molecule has 0 fully saturated rings. The number of aromatic nitrogens is 1. The van der Waals surface area contributed by atoms with Gasteiger partial charge in [-0.25, -0.2) is 14.4 Å². The highest BCUT2D eigenvalue weighted by atomic mass is 127. The van der Waals surface area contributed by atoms with Crippen molar-refractivity contribution in [3.8, 4) is 0 Å². The van der Waals surface area contributed by atoms with Crippen LogP contribution in [0.1, 0.15) is 27.9 Å². The van der Waals surface area contributed by atoms with Gasteiger partial charge in [0.2, 0.25) is 0 Å². The van der Waals surface area contributed by atoms with Crippen molar-refractivity contribution >= 4 is 41.3 Å². The molecule has 0 bridgehead atoms. The third-order valence-electron chi connectivity index (χ3n) is 3.47. The number of halogens is 2. The summed E-state index contributed by atoms with van der Waals surface area (Å²) >= 11 is 1.71. The van der Waals surface area contributed by atoms with Gasteiger partial charge in [-0.1, -0.05) is 6.07 Å². The standard InChI is InChI=1S/C18H25FN4OS.HI/c1-4-20-18(21-8-7-17-22-10-13(2)25-17)23-11-14-5-6-16(19)15(9-14)12-24-3;/h5-6,9-10H,4,7-8,11-12H2,1-3H3,(H2,20,21,23);1H. The zero-order chi connectivity index (χ0) is 18.1. The third kappa shape index (κ3) is 7.55. The van der Waals surface area contributed by atoms with E-state index in [1.165, 1.54) is 10.9 Å². The Morgan fingerprint density at radius 1 is 1.35 bits per heavy atom. The van der Waals surface area contributed by atoms with Gasteiger partial charge >= 0.3 is 0 Å². The normalized spacial score (nSPS) is 11.2. The molecule has 1 aromatic carbocycles. The molecule has 8 heteroatoms.